The van der Waals surface area contributed by atoms with E-state index >= 15 is 0 Å². The quantitative estimate of drug-likeness (QED) is 0.802. The number of nitrogens with zero attached hydrogens (tertiary/aromatic N) is 2. The smallest absolute Gasteiger partial charge is 0.397 e. The molecule has 0 aliphatic heterocycles. The Hall–Kier alpha value is -1.69. The van der Waals surface area contributed by atoms with Crippen molar-refractivity contribution in [2.75, 3.05) is 5.73 Å². The summed E-state index contributed by atoms with van der Waals surface area (Å²) in [5, 5.41) is 4.24. The van der Waals surface area contributed by atoms with Gasteiger partial charge in [-0.3, -0.25) is 0 Å². The fraction of sp³-hybridized carbons (Fsp3) is 0.100. The first-order valence-electron chi connectivity index (χ1n) is 4.55. The van der Waals surface area contributed by atoms with E-state index in [1.54, 1.807) is 0 Å². The highest BCUT2D eigenvalue weighted by Crippen LogP contribution is 2.32. The molecule has 0 bridgehead atoms. The molecule has 1 aromatic carbocycles. The number of halogens is 4. The van der Waals surface area contributed by atoms with Crippen molar-refractivity contribution in [3.05, 3.63) is 41.2 Å². The summed E-state index contributed by atoms with van der Waals surface area (Å²) in [6.07, 6.45) is -1.58. The third kappa shape index (κ3) is 2.36. The number of anilines is 1. The number of aromatic nitrogens is 2. The van der Waals surface area contributed by atoms with Crippen molar-refractivity contribution in [1.29, 1.82) is 0 Å². The summed E-state index contributed by atoms with van der Waals surface area (Å²) in [5.74, 6) is 0. The first-order chi connectivity index (χ1) is 7.88. The molecule has 2 rings (SSSR count). The van der Waals surface area contributed by atoms with Crippen molar-refractivity contribution in [3.8, 4) is 5.69 Å². The Labute approximate surface area is 99.6 Å². The Bertz CT molecular complexity index is 548. The molecule has 0 saturated heterocycles. The molecule has 0 unspecified atom stereocenters. The number of rotatable bonds is 1. The second-order valence-electron chi connectivity index (χ2n) is 3.37. The molecule has 0 fully saturated rings. The molecule has 0 aliphatic carbocycles. The van der Waals surface area contributed by atoms with Crippen LogP contribution in [0.15, 0.2) is 30.6 Å². The minimum Gasteiger partial charge on any atom is -0.397 e. The molecule has 3 nitrogen and oxygen atoms in total. The molecule has 0 amide bonds. The SMILES string of the molecule is Nc1cc(C(F)(F)F)ccc1-n1cc(Cl)cn1. The molecule has 90 valence electrons. The number of alkyl halides is 3. The van der Waals surface area contributed by atoms with Crippen LogP contribution in [0.3, 0.4) is 0 Å². The van der Waals surface area contributed by atoms with Crippen LogP contribution in [0.4, 0.5) is 18.9 Å². The van der Waals surface area contributed by atoms with Crippen molar-refractivity contribution in [1.82, 2.24) is 9.78 Å². The van der Waals surface area contributed by atoms with Crippen molar-refractivity contribution in [2.24, 2.45) is 0 Å². The number of hydrogen-bond acceptors (Lipinski definition) is 2. The van der Waals surface area contributed by atoms with Gasteiger partial charge in [0.25, 0.3) is 0 Å². The van der Waals surface area contributed by atoms with E-state index in [2.05, 4.69) is 5.10 Å². The second-order valence-corrected chi connectivity index (χ2v) is 3.81. The average molecular weight is 262 g/mol. The van der Waals surface area contributed by atoms with Gasteiger partial charge in [0.05, 0.1) is 28.2 Å². The van der Waals surface area contributed by atoms with Gasteiger partial charge in [0.1, 0.15) is 0 Å². The van der Waals surface area contributed by atoms with Crippen LogP contribution in [0.2, 0.25) is 5.02 Å². The van der Waals surface area contributed by atoms with E-state index in [-0.39, 0.29) is 5.69 Å². The van der Waals surface area contributed by atoms with Crippen LogP contribution in [0.25, 0.3) is 5.69 Å². The molecule has 0 saturated carbocycles. The van der Waals surface area contributed by atoms with Crippen LogP contribution in [0.1, 0.15) is 5.56 Å². The van der Waals surface area contributed by atoms with Gasteiger partial charge in [-0.25, -0.2) is 4.68 Å². The van der Waals surface area contributed by atoms with E-state index in [1.165, 1.54) is 23.1 Å². The number of nitrogens with two attached hydrogens (primary N) is 1. The Balaban J connectivity index is 2.45. The van der Waals surface area contributed by atoms with Gasteiger partial charge in [0.2, 0.25) is 0 Å². The Kier molecular flexibility index (Phi) is 2.74. The third-order valence-corrected chi connectivity index (χ3v) is 2.35. The lowest BCUT2D eigenvalue weighted by atomic mass is 10.1. The normalized spacial score (nSPS) is 11.8. The van der Waals surface area contributed by atoms with Crippen LogP contribution >= 0.6 is 11.6 Å². The molecule has 7 heteroatoms. The monoisotopic (exact) mass is 261 g/mol. The second kappa shape index (κ2) is 3.96. The Morgan fingerprint density at radius 1 is 1.29 bits per heavy atom. The van der Waals surface area contributed by atoms with Gasteiger partial charge in [0.15, 0.2) is 0 Å². The summed E-state index contributed by atoms with van der Waals surface area (Å²) in [4.78, 5) is 0. The van der Waals surface area contributed by atoms with Crippen LogP contribution in [0.5, 0.6) is 0 Å². The average Bonchev–Trinajstić information content (AvgIpc) is 2.63. The van der Waals surface area contributed by atoms with Gasteiger partial charge < -0.3 is 5.73 Å². The minimum atomic E-state index is -4.41. The van der Waals surface area contributed by atoms with E-state index < -0.39 is 11.7 Å². The van der Waals surface area contributed by atoms with Gasteiger partial charge in [-0.2, -0.15) is 18.3 Å². The summed E-state index contributed by atoms with van der Waals surface area (Å²) < 4.78 is 38.5. The standard InChI is InChI=1S/C10H7ClF3N3/c11-7-4-16-17(5-7)9-2-1-6(3-8(9)15)10(12,13)14/h1-5H,15H2. The Morgan fingerprint density at radius 2 is 2.00 bits per heavy atom. The summed E-state index contributed by atoms with van der Waals surface area (Å²) in [5.41, 5.74) is 5.10. The summed E-state index contributed by atoms with van der Waals surface area (Å²) in [6.45, 7) is 0. The molecule has 0 spiro atoms. The molecule has 1 aromatic heterocycles. The maximum Gasteiger partial charge on any atom is 0.416 e. The summed E-state index contributed by atoms with van der Waals surface area (Å²) in [6, 6.07) is 3.06. The molecule has 2 aromatic rings. The lowest BCUT2D eigenvalue weighted by Gasteiger charge is -2.10. The molecule has 0 aliphatic rings. The van der Waals surface area contributed by atoms with E-state index in [1.807, 2.05) is 0 Å². The maximum absolute atomic E-state index is 12.4. The fourth-order valence-electron chi connectivity index (χ4n) is 1.37. The first kappa shape index (κ1) is 11.8. The predicted octanol–water partition coefficient (Wildman–Crippen LogP) is 3.13. The van der Waals surface area contributed by atoms with Crippen LogP contribution < -0.4 is 5.73 Å². The predicted molar refractivity (Wildman–Crippen MR) is 58.0 cm³/mol. The van der Waals surface area contributed by atoms with Crippen LogP contribution in [-0.4, -0.2) is 9.78 Å². The highest BCUT2D eigenvalue weighted by molar-refractivity contribution is 6.30. The zero-order chi connectivity index (χ0) is 12.6. The van der Waals surface area contributed by atoms with E-state index in [0.29, 0.717) is 10.7 Å². The molecule has 0 atom stereocenters. The molecule has 2 N–H and O–H groups in total. The molecule has 0 radical (unpaired) electrons. The fourth-order valence-corrected chi connectivity index (χ4v) is 1.51. The molecule has 1 heterocycles. The molecule has 17 heavy (non-hydrogen) atoms. The van der Waals surface area contributed by atoms with E-state index in [4.69, 9.17) is 17.3 Å². The molecular weight excluding hydrogens is 255 g/mol. The van der Waals surface area contributed by atoms with Crippen molar-refractivity contribution < 1.29 is 13.2 Å². The van der Waals surface area contributed by atoms with E-state index in [0.717, 1.165) is 12.1 Å². The van der Waals surface area contributed by atoms with Crippen molar-refractivity contribution in [2.45, 2.75) is 6.18 Å². The van der Waals surface area contributed by atoms with Gasteiger partial charge >= 0.3 is 6.18 Å². The summed E-state index contributed by atoms with van der Waals surface area (Å²) >= 11 is 5.66. The van der Waals surface area contributed by atoms with Crippen molar-refractivity contribution >= 4 is 17.3 Å². The Morgan fingerprint density at radius 3 is 2.47 bits per heavy atom. The van der Waals surface area contributed by atoms with E-state index in [9.17, 15) is 13.2 Å². The van der Waals surface area contributed by atoms with Crippen LogP contribution in [-0.2, 0) is 6.18 Å². The number of benzene rings is 1. The highest BCUT2D eigenvalue weighted by Gasteiger charge is 2.30. The lowest BCUT2D eigenvalue weighted by Crippen LogP contribution is -2.07. The minimum absolute atomic E-state index is 0.0143. The van der Waals surface area contributed by atoms with Crippen LogP contribution in [0, 0.1) is 0 Å². The zero-order valence-corrected chi connectivity index (χ0v) is 9.13. The van der Waals surface area contributed by atoms with Crippen molar-refractivity contribution in [3.63, 3.8) is 0 Å². The number of nitrogen functional groups attached to an aromatic ring is 1. The third-order valence-electron chi connectivity index (χ3n) is 2.15. The topological polar surface area (TPSA) is 43.8 Å². The molecular formula is C10H7ClF3N3. The van der Waals surface area contributed by atoms with Gasteiger partial charge in [0, 0.05) is 6.20 Å². The summed E-state index contributed by atoms with van der Waals surface area (Å²) in [7, 11) is 0. The lowest BCUT2D eigenvalue weighted by molar-refractivity contribution is -0.137. The van der Waals surface area contributed by atoms with Gasteiger partial charge in [-0.1, -0.05) is 11.6 Å². The zero-order valence-electron chi connectivity index (χ0n) is 8.37. The number of hydrogen-bond donors (Lipinski definition) is 1. The van der Waals surface area contributed by atoms with Gasteiger partial charge in [-0.05, 0) is 18.2 Å². The van der Waals surface area contributed by atoms with Gasteiger partial charge in [-0.15, -0.1) is 0 Å². The largest absolute Gasteiger partial charge is 0.416 e. The first-order valence-corrected chi connectivity index (χ1v) is 4.93. The maximum atomic E-state index is 12.4. The highest BCUT2D eigenvalue weighted by atomic mass is 35.5.